The van der Waals surface area contributed by atoms with Gasteiger partial charge in [-0.25, -0.2) is 0 Å². The molecular weight excluding hydrogens is 233 g/mol. The van der Waals surface area contributed by atoms with Gasteiger partial charge >= 0.3 is 6.18 Å². The summed E-state index contributed by atoms with van der Waals surface area (Å²) in [7, 11) is 0. The maximum atomic E-state index is 12.2. The molecule has 0 saturated carbocycles. The molecule has 1 N–H and O–H groups in total. The predicted octanol–water partition coefficient (Wildman–Crippen LogP) is 1.08. The van der Waals surface area contributed by atoms with E-state index in [0.29, 0.717) is 19.1 Å². The number of rotatable bonds is 3. The van der Waals surface area contributed by atoms with E-state index in [1.807, 2.05) is 0 Å². The molecule has 0 aromatic rings. The van der Waals surface area contributed by atoms with Crippen molar-refractivity contribution in [2.75, 3.05) is 32.7 Å². The summed E-state index contributed by atoms with van der Waals surface area (Å²) in [5.41, 5.74) is 0. The van der Waals surface area contributed by atoms with Gasteiger partial charge in [0, 0.05) is 19.1 Å². The molecule has 2 rings (SSSR count). The molecular formula is C11H19F3N2O. The molecule has 3 nitrogen and oxygen atoms in total. The molecule has 2 saturated heterocycles. The third-order valence-electron chi connectivity index (χ3n) is 3.71. The lowest BCUT2D eigenvalue weighted by Crippen LogP contribution is -2.42. The zero-order chi connectivity index (χ0) is 12.5. The Hall–Kier alpha value is -0.330. The van der Waals surface area contributed by atoms with Crippen LogP contribution in [-0.4, -0.2) is 66.0 Å². The SMILES string of the molecule is OC(CN1CCC(N2CCCC2)C1)C(F)(F)F. The van der Waals surface area contributed by atoms with Gasteiger partial charge in [0.2, 0.25) is 0 Å². The van der Waals surface area contributed by atoms with Crippen molar-refractivity contribution >= 4 is 0 Å². The van der Waals surface area contributed by atoms with Gasteiger partial charge in [-0.1, -0.05) is 0 Å². The van der Waals surface area contributed by atoms with Crippen molar-refractivity contribution in [2.45, 2.75) is 37.6 Å². The van der Waals surface area contributed by atoms with Crippen LogP contribution in [0.4, 0.5) is 13.2 Å². The van der Waals surface area contributed by atoms with Crippen LogP contribution in [0.25, 0.3) is 0 Å². The van der Waals surface area contributed by atoms with E-state index in [1.54, 1.807) is 4.90 Å². The van der Waals surface area contributed by atoms with E-state index >= 15 is 0 Å². The number of nitrogens with zero attached hydrogens (tertiary/aromatic N) is 2. The fourth-order valence-corrected chi connectivity index (χ4v) is 2.73. The van der Waals surface area contributed by atoms with Gasteiger partial charge in [-0.05, 0) is 38.9 Å². The first kappa shape index (κ1) is 13.1. The van der Waals surface area contributed by atoms with Gasteiger partial charge in [-0.2, -0.15) is 13.2 Å². The lowest BCUT2D eigenvalue weighted by Gasteiger charge is -2.25. The van der Waals surface area contributed by atoms with Gasteiger partial charge < -0.3 is 5.11 Å². The summed E-state index contributed by atoms with van der Waals surface area (Å²) in [6.45, 7) is 3.18. The van der Waals surface area contributed by atoms with Crippen LogP contribution >= 0.6 is 0 Å². The van der Waals surface area contributed by atoms with Crippen LogP contribution in [0.3, 0.4) is 0 Å². The molecule has 2 heterocycles. The summed E-state index contributed by atoms with van der Waals surface area (Å²) >= 11 is 0. The van der Waals surface area contributed by atoms with E-state index in [9.17, 15) is 13.2 Å². The minimum Gasteiger partial charge on any atom is -0.382 e. The van der Waals surface area contributed by atoms with Crippen molar-refractivity contribution in [3.8, 4) is 0 Å². The molecule has 0 amide bonds. The highest BCUT2D eigenvalue weighted by Gasteiger charge is 2.40. The molecule has 0 spiro atoms. The number of β-amino-alcohol motifs (C(OH)–C–C–N with tert-alkyl or cyclic N) is 1. The fourth-order valence-electron chi connectivity index (χ4n) is 2.73. The molecule has 0 aromatic heterocycles. The Bertz CT molecular complexity index is 254. The molecule has 2 aliphatic rings. The van der Waals surface area contributed by atoms with Crippen LogP contribution in [0, 0.1) is 0 Å². The van der Waals surface area contributed by atoms with Crippen molar-refractivity contribution in [1.29, 1.82) is 0 Å². The lowest BCUT2D eigenvalue weighted by molar-refractivity contribution is -0.207. The van der Waals surface area contributed by atoms with Crippen LogP contribution in [0.5, 0.6) is 0 Å². The lowest BCUT2D eigenvalue weighted by atomic mass is 10.2. The number of likely N-dealkylation sites (tertiary alicyclic amines) is 2. The number of aliphatic hydroxyl groups is 1. The Labute approximate surface area is 99.2 Å². The van der Waals surface area contributed by atoms with Crippen LogP contribution < -0.4 is 0 Å². The first-order valence-electron chi connectivity index (χ1n) is 6.18. The van der Waals surface area contributed by atoms with E-state index < -0.39 is 12.3 Å². The Balaban J connectivity index is 1.77. The van der Waals surface area contributed by atoms with Crippen molar-refractivity contribution in [3.63, 3.8) is 0 Å². The second-order valence-corrected chi connectivity index (χ2v) is 5.00. The summed E-state index contributed by atoms with van der Waals surface area (Å²) in [6, 6.07) is 0.387. The Kier molecular flexibility index (Phi) is 3.95. The largest absolute Gasteiger partial charge is 0.415 e. The average molecular weight is 252 g/mol. The summed E-state index contributed by atoms with van der Waals surface area (Å²) in [5, 5.41) is 9.02. The summed E-state index contributed by atoms with van der Waals surface area (Å²) in [4.78, 5) is 4.08. The topological polar surface area (TPSA) is 26.7 Å². The number of hydrogen-bond donors (Lipinski definition) is 1. The Morgan fingerprint density at radius 2 is 1.82 bits per heavy atom. The van der Waals surface area contributed by atoms with Gasteiger partial charge in [0.25, 0.3) is 0 Å². The Morgan fingerprint density at radius 1 is 1.18 bits per heavy atom. The van der Waals surface area contributed by atoms with E-state index in [4.69, 9.17) is 5.11 Å². The molecule has 17 heavy (non-hydrogen) atoms. The molecule has 2 fully saturated rings. The molecule has 6 heteroatoms. The van der Waals surface area contributed by atoms with Gasteiger partial charge in [-0.15, -0.1) is 0 Å². The van der Waals surface area contributed by atoms with E-state index in [-0.39, 0.29) is 6.54 Å². The third kappa shape index (κ3) is 3.33. The van der Waals surface area contributed by atoms with Crippen molar-refractivity contribution in [3.05, 3.63) is 0 Å². The van der Waals surface area contributed by atoms with Crippen molar-refractivity contribution in [1.82, 2.24) is 9.80 Å². The molecule has 2 unspecified atom stereocenters. The normalized spacial score (nSPS) is 30.0. The zero-order valence-corrected chi connectivity index (χ0v) is 9.79. The molecule has 0 aromatic carbocycles. The molecule has 0 radical (unpaired) electrons. The molecule has 0 aliphatic carbocycles. The number of aliphatic hydroxyl groups excluding tert-OH is 1. The standard InChI is InChI=1S/C11H19F3N2O/c12-11(13,14)10(17)8-15-6-3-9(7-15)16-4-1-2-5-16/h9-10,17H,1-8H2. The van der Waals surface area contributed by atoms with Gasteiger partial charge in [0.05, 0.1) is 0 Å². The fraction of sp³-hybridized carbons (Fsp3) is 1.00. The van der Waals surface area contributed by atoms with Crippen LogP contribution in [0.1, 0.15) is 19.3 Å². The van der Waals surface area contributed by atoms with Crippen molar-refractivity contribution in [2.24, 2.45) is 0 Å². The van der Waals surface area contributed by atoms with Crippen LogP contribution in [0.2, 0.25) is 0 Å². The summed E-state index contributed by atoms with van der Waals surface area (Å²) in [5.74, 6) is 0. The van der Waals surface area contributed by atoms with E-state index in [0.717, 1.165) is 19.5 Å². The zero-order valence-electron chi connectivity index (χ0n) is 9.79. The molecule has 0 bridgehead atoms. The second-order valence-electron chi connectivity index (χ2n) is 5.00. The monoisotopic (exact) mass is 252 g/mol. The quantitative estimate of drug-likeness (QED) is 0.814. The maximum Gasteiger partial charge on any atom is 0.415 e. The first-order valence-corrected chi connectivity index (χ1v) is 6.18. The molecule has 2 aliphatic heterocycles. The van der Waals surface area contributed by atoms with Crippen LogP contribution in [0.15, 0.2) is 0 Å². The molecule has 2 atom stereocenters. The average Bonchev–Trinajstić information content (AvgIpc) is 2.83. The number of alkyl halides is 3. The van der Waals surface area contributed by atoms with Crippen molar-refractivity contribution < 1.29 is 18.3 Å². The number of halogens is 3. The highest BCUT2D eigenvalue weighted by atomic mass is 19.4. The second kappa shape index (κ2) is 5.12. The van der Waals surface area contributed by atoms with Gasteiger partial charge in [0.15, 0.2) is 6.10 Å². The third-order valence-corrected chi connectivity index (χ3v) is 3.71. The summed E-state index contributed by atoms with van der Waals surface area (Å²) in [6.07, 6.45) is -3.39. The van der Waals surface area contributed by atoms with E-state index in [1.165, 1.54) is 12.8 Å². The number of hydrogen-bond acceptors (Lipinski definition) is 3. The summed E-state index contributed by atoms with van der Waals surface area (Å²) < 4.78 is 36.6. The van der Waals surface area contributed by atoms with Gasteiger partial charge in [0.1, 0.15) is 0 Å². The first-order chi connectivity index (χ1) is 7.97. The molecule has 100 valence electrons. The highest BCUT2D eigenvalue weighted by molar-refractivity contribution is 4.87. The highest BCUT2D eigenvalue weighted by Crippen LogP contribution is 2.24. The van der Waals surface area contributed by atoms with Gasteiger partial charge in [-0.3, -0.25) is 9.80 Å². The maximum absolute atomic E-state index is 12.2. The minimum atomic E-state index is -4.49. The smallest absolute Gasteiger partial charge is 0.382 e. The Morgan fingerprint density at radius 3 is 2.41 bits per heavy atom. The van der Waals surface area contributed by atoms with E-state index in [2.05, 4.69) is 4.90 Å². The predicted molar refractivity (Wildman–Crippen MR) is 57.7 cm³/mol. The van der Waals surface area contributed by atoms with Crippen LogP contribution in [-0.2, 0) is 0 Å². The minimum absolute atomic E-state index is 0.284.